The van der Waals surface area contributed by atoms with Gasteiger partial charge in [-0.15, -0.1) is 6.42 Å². The summed E-state index contributed by atoms with van der Waals surface area (Å²) in [6, 6.07) is 7.80. The Bertz CT molecular complexity index is 399. The first-order valence-corrected chi connectivity index (χ1v) is 5.71. The van der Waals surface area contributed by atoms with Gasteiger partial charge in [0.25, 0.3) is 0 Å². The van der Waals surface area contributed by atoms with Crippen LogP contribution in [0.4, 0.5) is 0 Å². The molecule has 1 aliphatic rings. The molecule has 1 aromatic carbocycles. The Morgan fingerprint density at radius 2 is 2.31 bits per heavy atom. The Balaban J connectivity index is 2.10. The highest BCUT2D eigenvalue weighted by Gasteiger charge is 2.22. The number of morpholine rings is 1. The standard InChI is InChI=1S/C13H14ClNO/c1-2-7-15-8-9-16-13(10-15)11-5-3-4-6-12(11)14/h1,3-6,13H,7-10H2/t13-/m0/s1. The number of hydrogen-bond donors (Lipinski definition) is 0. The third-order valence-electron chi connectivity index (χ3n) is 2.72. The lowest BCUT2D eigenvalue weighted by Crippen LogP contribution is -2.38. The summed E-state index contributed by atoms with van der Waals surface area (Å²) in [5.41, 5.74) is 1.05. The van der Waals surface area contributed by atoms with Crippen LogP contribution < -0.4 is 0 Å². The predicted octanol–water partition coefficient (Wildman–Crippen LogP) is 2.35. The van der Waals surface area contributed by atoms with Crippen LogP contribution in [0.15, 0.2) is 24.3 Å². The first-order chi connectivity index (χ1) is 7.81. The SMILES string of the molecule is C#CCN1CCO[C@H](c2ccccc2Cl)C1. The van der Waals surface area contributed by atoms with Crippen LogP contribution in [0.3, 0.4) is 0 Å². The lowest BCUT2D eigenvalue weighted by atomic mass is 10.1. The molecule has 0 aliphatic carbocycles. The van der Waals surface area contributed by atoms with Gasteiger partial charge in [-0.1, -0.05) is 35.7 Å². The number of benzene rings is 1. The lowest BCUT2D eigenvalue weighted by molar-refractivity contribution is -0.0253. The van der Waals surface area contributed by atoms with Crippen LogP contribution in [0, 0.1) is 12.3 Å². The molecule has 0 bridgehead atoms. The van der Waals surface area contributed by atoms with E-state index in [0.29, 0.717) is 13.2 Å². The third kappa shape index (κ3) is 2.56. The van der Waals surface area contributed by atoms with Crippen LogP contribution in [0.25, 0.3) is 0 Å². The summed E-state index contributed by atoms with van der Waals surface area (Å²) in [4.78, 5) is 2.21. The quantitative estimate of drug-likeness (QED) is 0.730. The first kappa shape index (κ1) is 11.5. The van der Waals surface area contributed by atoms with Crippen LogP contribution in [-0.2, 0) is 4.74 Å². The van der Waals surface area contributed by atoms with E-state index >= 15 is 0 Å². The average Bonchev–Trinajstić information content (AvgIpc) is 2.30. The molecule has 16 heavy (non-hydrogen) atoms. The fraction of sp³-hybridized carbons (Fsp3) is 0.385. The molecule has 2 rings (SSSR count). The summed E-state index contributed by atoms with van der Waals surface area (Å²) < 4.78 is 5.73. The van der Waals surface area contributed by atoms with Crippen molar-refractivity contribution in [3.05, 3.63) is 34.9 Å². The van der Waals surface area contributed by atoms with Gasteiger partial charge in [-0.05, 0) is 6.07 Å². The van der Waals surface area contributed by atoms with Crippen LogP contribution in [0.2, 0.25) is 5.02 Å². The smallest absolute Gasteiger partial charge is 0.0967 e. The van der Waals surface area contributed by atoms with E-state index < -0.39 is 0 Å². The van der Waals surface area contributed by atoms with Crippen LogP contribution in [0.1, 0.15) is 11.7 Å². The molecule has 1 heterocycles. The van der Waals surface area contributed by atoms with Crippen molar-refractivity contribution in [1.29, 1.82) is 0 Å². The monoisotopic (exact) mass is 235 g/mol. The van der Waals surface area contributed by atoms with Crippen molar-refractivity contribution in [1.82, 2.24) is 4.90 Å². The van der Waals surface area contributed by atoms with E-state index in [1.54, 1.807) is 0 Å². The molecule has 0 N–H and O–H groups in total. The highest BCUT2D eigenvalue weighted by atomic mass is 35.5. The van der Waals surface area contributed by atoms with Crippen molar-refractivity contribution in [3.8, 4) is 12.3 Å². The van der Waals surface area contributed by atoms with Crippen molar-refractivity contribution >= 4 is 11.6 Å². The summed E-state index contributed by atoms with van der Waals surface area (Å²) in [6.07, 6.45) is 5.35. The summed E-state index contributed by atoms with van der Waals surface area (Å²) in [6.45, 7) is 3.08. The highest BCUT2D eigenvalue weighted by Crippen LogP contribution is 2.27. The van der Waals surface area contributed by atoms with Crippen molar-refractivity contribution in [2.75, 3.05) is 26.2 Å². The van der Waals surface area contributed by atoms with Gasteiger partial charge in [0.1, 0.15) is 0 Å². The molecule has 1 aromatic rings. The zero-order valence-electron chi connectivity index (χ0n) is 9.03. The first-order valence-electron chi connectivity index (χ1n) is 5.33. The fourth-order valence-corrected chi connectivity index (χ4v) is 2.16. The van der Waals surface area contributed by atoms with Gasteiger partial charge < -0.3 is 4.74 Å². The van der Waals surface area contributed by atoms with E-state index in [-0.39, 0.29) is 6.10 Å². The van der Waals surface area contributed by atoms with Gasteiger partial charge in [-0.3, -0.25) is 4.90 Å². The van der Waals surface area contributed by atoms with Crippen molar-refractivity contribution in [2.45, 2.75) is 6.10 Å². The summed E-state index contributed by atoms with van der Waals surface area (Å²) >= 11 is 6.14. The average molecular weight is 236 g/mol. The van der Waals surface area contributed by atoms with Gasteiger partial charge >= 0.3 is 0 Å². The number of rotatable bonds is 2. The maximum absolute atomic E-state index is 6.14. The van der Waals surface area contributed by atoms with Crippen molar-refractivity contribution < 1.29 is 4.74 Å². The minimum Gasteiger partial charge on any atom is -0.371 e. The number of halogens is 1. The molecule has 0 unspecified atom stereocenters. The van der Waals surface area contributed by atoms with Gasteiger partial charge in [-0.2, -0.15) is 0 Å². The fourth-order valence-electron chi connectivity index (χ4n) is 1.90. The third-order valence-corrected chi connectivity index (χ3v) is 3.06. The second-order valence-electron chi connectivity index (χ2n) is 3.82. The Labute approximate surface area is 101 Å². The van der Waals surface area contributed by atoms with Gasteiger partial charge in [0, 0.05) is 23.7 Å². The van der Waals surface area contributed by atoms with E-state index in [1.807, 2.05) is 24.3 Å². The summed E-state index contributed by atoms with van der Waals surface area (Å²) in [5.74, 6) is 2.66. The molecule has 1 saturated heterocycles. The Morgan fingerprint density at radius 1 is 1.50 bits per heavy atom. The van der Waals surface area contributed by atoms with Crippen molar-refractivity contribution in [3.63, 3.8) is 0 Å². The molecule has 3 heteroatoms. The molecule has 2 nitrogen and oxygen atoms in total. The molecule has 84 valence electrons. The molecular weight excluding hydrogens is 222 g/mol. The normalized spacial score (nSPS) is 21.6. The molecule has 1 fully saturated rings. The van der Waals surface area contributed by atoms with Gasteiger partial charge in [-0.25, -0.2) is 0 Å². The topological polar surface area (TPSA) is 12.5 Å². The summed E-state index contributed by atoms with van der Waals surface area (Å²) in [7, 11) is 0. The zero-order chi connectivity index (χ0) is 11.4. The van der Waals surface area contributed by atoms with Gasteiger partial charge in [0.15, 0.2) is 0 Å². The molecule has 0 spiro atoms. The van der Waals surface area contributed by atoms with Gasteiger partial charge in [0.2, 0.25) is 0 Å². The number of nitrogens with zero attached hydrogens (tertiary/aromatic N) is 1. The molecule has 1 atom stereocenters. The Hall–Kier alpha value is -1.01. The van der Waals surface area contributed by atoms with E-state index in [2.05, 4.69) is 10.8 Å². The van der Waals surface area contributed by atoms with E-state index in [0.717, 1.165) is 23.7 Å². The minimum absolute atomic E-state index is 0.0378. The lowest BCUT2D eigenvalue weighted by Gasteiger charge is -2.32. The second kappa shape index (κ2) is 5.36. The molecule has 0 amide bonds. The molecule has 0 aromatic heterocycles. The predicted molar refractivity (Wildman–Crippen MR) is 65.4 cm³/mol. The molecule has 1 aliphatic heterocycles. The van der Waals surface area contributed by atoms with Crippen LogP contribution >= 0.6 is 11.6 Å². The number of hydrogen-bond acceptors (Lipinski definition) is 2. The zero-order valence-corrected chi connectivity index (χ0v) is 9.78. The van der Waals surface area contributed by atoms with Crippen LogP contribution in [-0.4, -0.2) is 31.1 Å². The largest absolute Gasteiger partial charge is 0.371 e. The Morgan fingerprint density at radius 3 is 3.06 bits per heavy atom. The molecule has 0 radical (unpaired) electrons. The summed E-state index contributed by atoms with van der Waals surface area (Å²) in [5, 5.41) is 0.759. The minimum atomic E-state index is 0.0378. The molecular formula is C13H14ClNO. The van der Waals surface area contributed by atoms with Gasteiger partial charge in [0.05, 0.1) is 19.3 Å². The van der Waals surface area contributed by atoms with E-state index in [9.17, 15) is 0 Å². The van der Waals surface area contributed by atoms with Crippen LogP contribution in [0.5, 0.6) is 0 Å². The maximum atomic E-state index is 6.14. The number of terminal acetylenes is 1. The molecule has 0 saturated carbocycles. The number of ether oxygens (including phenoxy) is 1. The second-order valence-corrected chi connectivity index (χ2v) is 4.23. The Kier molecular flexibility index (Phi) is 3.84. The van der Waals surface area contributed by atoms with Crippen molar-refractivity contribution in [2.24, 2.45) is 0 Å². The highest BCUT2D eigenvalue weighted by molar-refractivity contribution is 6.31. The van der Waals surface area contributed by atoms with E-state index in [1.165, 1.54) is 0 Å². The maximum Gasteiger partial charge on any atom is 0.0967 e. The van der Waals surface area contributed by atoms with E-state index in [4.69, 9.17) is 22.8 Å².